The van der Waals surface area contributed by atoms with Gasteiger partial charge in [-0.3, -0.25) is 14.6 Å². The quantitative estimate of drug-likeness (QED) is 0.481. The summed E-state index contributed by atoms with van der Waals surface area (Å²) in [6.45, 7) is 1.44. The SMILES string of the molecule is CC(=O)Oc1cn(C(=O)NCCCc2ccc(-c3ccccc3)cc2)c(=O)[nH]c1=O. The molecule has 0 unspecified atom stereocenters. The largest absolute Gasteiger partial charge is 0.419 e. The third kappa shape index (κ3) is 5.32. The van der Waals surface area contributed by atoms with Gasteiger partial charge in [0.05, 0.1) is 6.20 Å². The number of hydrogen-bond donors (Lipinski definition) is 2. The highest BCUT2D eigenvalue weighted by atomic mass is 16.5. The third-order valence-electron chi connectivity index (χ3n) is 4.36. The Morgan fingerprint density at radius 3 is 2.33 bits per heavy atom. The Bertz CT molecular complexity index is 1150. The molecule has 0 fully saturated rings. The number of nitrogens with zero attached hydrogens (tertiary/aromatic N) is 1. The second-order valence-corrected chi connectivity index (χ2v) is 6.61. The molecule has 0 aliphatic heterocycles. The van der Waals surface area contributed by atoms with Crippen molar-refractivity contribution in [2.45, 2.75) is 19.8 Å². The molecular weight excluding hydrogens is 386 g/mol. The van der Waals surface area contributed by atoms with Crippen LogP contribution in [-0.2, 0) is 11.2 Å². The van der Waals surface area contributed by atoms with Crippen LogP contribution in [0.5, 0.6) is 5.75 Å². The number of aromatic nitrogens is 2. The van der Waals surface area contributed by atoms with Crippen molar-refractivity contribution in [2.24, 2.45) is 0 Å². The van der Waals surface area contributed by atoms with E-state index < -0.39 is 29.0 Å². The van der Waals surface area contributed by atoms with Crippen LogP contribution < -0.4 is 21.3 Å². The number of benzene rings is 2. The maximum Gasteiger partial charge on any atom is 0.336 e. The molecule has 154 valence electrons. The second kappa shape index (κ2) is 9.51. The fourth-order valence-corrected chi connectivity index (χ4v) is 2.90. The molecule has 30 heavy (non-hydrogen) atoms. The van der Waals surface area contributed by atoms with E-state index in [1.54, 1.807) is 0 Å². The van der Waals surface area contributed by atoms with Crippen LogP contribution in [0, 0.1) is 0 Å². The molecule has 1 amide bonds. The Hall–Kier alpha value is -3.94. The van der Waals surface area contributed by atoms with Crippen molar-refractivity contribution < 1.29 is 14.3 Å². The summed E-state index contributed by atoms with van der Waals surface area (Å²) < 4.78 is 5.35. The van der Waals surface area contributed by atoms with Crippen LogP contribution >= 0.6 is 0 Å². The van der Waals surface area contributed by atoms with Gasteiger partial charge in [-0.05, 0) is 29.5 Å². The predicted molar refractivity (Wildman–Crippen MR) is 112 cm³/mol. The molecule has 3 aromatic rings. The van der Waals surface area contributed by atoms with E-state index in [9.17, 15) is 19.2 Å². The zero-order valence-corrected chi connectivity index (χ0v) is 16.4. The smallest absolute Gasteiger partial charge is 0.336 e. The maximum atomic E-state index is 12.2. The number of rotatable bonds is 6. The van der Waals surface area contributed by atoms with Crippen LogP contribution in [0.2, 0.25) is 0 Å². The number of amides is 1. The minimum atomic E-state index is -0.912. The first-order valence-electron chi connectivity index (χ1n) is 9.41. The maximum absolute atomic E-state index is 12.2. The van der Waals surface area contributed by atoms with Gasteiger partial charge in [0.1, 0.15) is 0 Å². The van der Waals surface area contributed by atoms with E-state index in [0.29, 0.717) is 17.5 Å². The van der Waals surface area contributed by atoms with Crippen LogP contribution in [-0.4, -0.2) is 28.1 Å². The summed E-state index contributed by atoms with van der Waals surface area (Å²) in [5.74, 6) is -1.15. The van der Waals surface area contributed by atoms with Gasteiger partial charge in [-0.2, -0.15) is 0 Å². The molecule has 1 aromatic heterocycles. The standard InChI is InChI=1S/C22H21N3O5/c1-15(26)30-19-14-25(22(29)24-20(19)27)21(28)23-13-5-6-16-9-11-18(12-10-16)17-7-3-2-4-8-17/h2-4,7-12,14H,5-6,13H2,1H3,(H,23,28)(H,24,27,29). The molecule has 8 heteroatoms. The first-order valence-corrected chi connectivity index (χ1v) is 9.41. The van der Waals surface area contributed by atoms with Gasteiger partial charge in [-0.1, -0.05) is 54.6 Å². The number of nitrogens with one attached hydrogen (secondary N) is 2. The molecular formula is C22H21N3O5. The summed E-state index contributed by atoms with van der Waals surface area (Å²) in [7, 11) is 0. The molecule has 1 heterocycles. The Kier molecular flexibility index (Phi) is 6.59. The first-order chi connectivity index (χ1) is 14.4. The number of H-pyrrole nitrogens is 1. The summed E-state index contributed by atoms with van der Waals surface area (Å²) in [4.78, 5) is 48.6. The van der Waals surface area contributed by atoms with Gasteiger partial charge in [0, 0.05) is 13.5 Å². The average molecular weight is 407 g/mol. The Morgan fingerprint density at radius 1 is 1.00 bits per heavy atom. The molecule has 0 aliphatic rings. The molecule has 2 aromatic carbocycles. The van der Waals surface area contributed by atoms with Crippen LogP contribution in [0.4, 0.5) is 4.79 Å². The lowest BCUT2D eigenvalue weighted by Gasteiger charge is -2.08. The van der Waals surface area contributed by atoms with Gasteiger partial charge in [0.15, 0.2) is 0 Å². The fraction of sp³-hybridized carbons (Fsp3) is 0.182. The molecule has 0 bridgehead atoms. The number of carbonyl (C=O) groups excluding carboxylic acids is 2. The van der Waals surface area contributed by atoms with Gasteiger partial charge in [0.2, 0.25) is 5.75 Å². The number of aromatic amines is 1. The summed E-state index contributed by atoms with van der Waals surface area (Å²) in [6.07, 6.45) is 2.31. The summed E-state index contributed by atoms with van der Waals surface area (Å²) in [5.41, 5.74) is 1.62. The van der Waals surface area contributed by atoms with Crippen molar-refractivity contribution in [3.8, 4) is 16.9 Å². The van der Waals surface area contributed by atoms with Crippen LogP contribution in [0.25, 0.3) is 11.1 Å². The monoisotopic (exact) mass is 407 g/mol. The van der Waals surface area contributed by atoms with E-state index in [1.807, 2.05) is 35.3 Å². The lowest BCUT2D eigenvalue weighted by molar-refractivity contribution is -0.132. The zero-order chi connectivity index (χ0) is 21.5. The molecule has 0 spiro atoms. The molecule has 0 atom stereocenters. The fourth-order valence-electron chi connectivity index (χ4n) is 2.90. The number of hydrogen-bond acceptors (Lipinski definition) is 5. The Labute approximate surface area is 172 Å². The van der Waals surface area contributed by atoms with Crippen LogP contribution in [0.3, 0.4) is 0 Å². The average Bonchev–Trinajstić information content (AvgIpc) is 2.74. The minimum absolute atomic E-state index is 0.327. The molecule has 2 N–H and O–H groups in total. The lowest BCUT2D eigenvalue weighted by atomic mass is 10.0. The second-order valence-electron chi connectivity index (χ2n) is 6.61. The van der Waals surface area contributed by atoms with E-state index in [-0.39, 0.29) is 0 Å². The lowest BCUT2D eigenvalue weighted by Crippen LogP contribution is -2.40. The predicted octanol–water partition coefficient (Wildman–Crippen LogP) is 2.32. The number of esters is 1. The highest BCUT2D eigenvalue weighted by Gasteiger charge is 2.13. The molecule has 0 radical (unpaired) electrons. The van der Waals surface area contributed by atoms with Crippen molar-refractivity contribution >= 4 is 12.0 Å². The highest BCUT2D eigenvalue weighted by molar-refractivity contribution is 5.76. The van der Waals surface area contributed by atoms with Crippen LogP contribution in [0.15, 0.2) is 70.4 Å². The van der Waals surface area contributed by atoms with E-state index in [0.717, 1.165) is 36.2 Å². The van der Waals surface area contributed by atoms with E-state index in [1.165, 1.54) is 0 Å². The summed E-state index contributed by atoms with van der Waals surface area (Å²) >= 11 is 0. The Morgan fingerprint density at radius 2 is 1.67 bits per heavy atom. The zero-order valence-electron chi connectivity index (χ0n) is 16.4. The van der Waals surface area contributed by atoms with Gasteiger partial charge in [-0.15, -0.1) is 0 Å². The first kappa shape index (κ1) is 20.8. The topological polar surface area (TPSA) is 110 Å². The van der Waals surface area contributed by atoms with Gasteiger partial charge >= 0.3 is 17.7 Å². The van der Waals surface area contributed by atoms with Crippen LogP contribution in [0.1, 0.15) is 18.9 Å². The van der Waals surface area contributed by atoms with Crippen molar-refractivity contribution in [1.29, 1.82) is 0 Å². The minimum Gasteiger partial charge on any atom is -0.419 e. The highest BCUT2D eigenvalue weighted by Crippen LogP contribution is 2.19. The third-order valence-corrected chi connectivity index (χ3v) is 4.36. The van der Waals surface area contributed by atoms with Gasteiger partial charge < -0.3 is 10.1 Å². The van der Waals surface area contributed by atoms with E-state index >= 15 is 0 Å². The summed E-state index contributed by atoms with van der Waals surface area (Å²) in [5, 5.41) is 2.61. The molecule has 0 saturated heterocycles. The van der Waals surface area contributed by atoms with Crippen molar-refractivity contribution in [1.82, 2.24) is 14.9 Å². The van der Waals surface area contributed by atoms with E-state index in [2.05, 4.69) is 29.6 Å². The number of ether oxygens (including phenoxy) is 1. The molecule has 8 nitrogen and oxygen atoms in total. The van der Waals surface area contributed by atoms with Gasteiger partial charge in [-0.25, -0.2) is 14.2 Å². The molecule has 0 saturated carbocycles. The van der Waals surface area contributed by atoms with Crippen molar-refractivity contribution in [3.63, 3.8) is 0 Å². The van der Waals surface area contributed by atoms with Gasteiger partial charge in [0.25, 0.3) is 5.56 Å². The Balaban J connectivity index is 1.54. The normalized spacial score (nSPS) is 10.4. The molecule has 0 aliphatic carbocycles. The number of carbonyl (C=O) groups is 2. The van der Waals surface area contributed by atoms with E-state index in [4.69, 9.17) is 4.74 Å². The molecule has 3 rings (SSSR count). The summed E-state index contributed by atoms with van der Waals surface area (Å²) in [6, 6.07) is 17.5. The van der Waals surface area contributed by atoms with Crippen molar-refractivity contribution in [2.75, 3.05) is 6.54 Å². The van der Waals surface area contributed by atoms with Crippen molar-refractivity contribution in [3.05, 3.63) is 87.2 Å². The number of aryl methyl sites for hydroxylation is 1.